The molecule has 0 bridgehead atoms. The van der Waals surface area contributed by atoms with Gasteiger partial charge in [-0.1, -0.05) is 19.3 Å². The SMILES string of the molecule is O=S(=O)(NCC1CCCCC1)c1ccc(OC(F)(F)F)cc1. The molecule has 0 aliphatic heterocycles. The number of halogens is 3. The van der Waals surface area contributed by atoms with Gasteiger partial charge in [0.2, 0.25) is 10.0 Å². The highest BCUT2D eigenvalue weighted by Crippen LogP contribution is 2.25. The van der Waals surface area contributed by atoms with Crippen molar-refractivity contribution in [2.24, 2.45) is 5.92 Å². The Balaban J connectivity index is 1.96. The van der Waals surface area contributed by atoms with Crippen molar-refractivity contribution in [3.8, 4) is 5.75 Å². The molecule has 1 aliphatic rings. The van der Waals surface area contributed by atoms with Crippen molar-refractivity contribution in [1.29, 1.82) is 0 Å². The fraction of sp³-hybridized carbons (Fsp3) is 0.571. The summed E-state index contributed by atoms with van der Waals surface area (Å²) in [5.74, 6) is -0.116. The van der Waals surface area contributed by atoms with E-state index in [-0.39, 0.29) is 4.90 Å². The zero-order valence-electron chi connectivity index (χ0n) is 11.9. The van der Waals surface area contributed by atoms with E-state index in [1.807, 2.05) is 0 Å². The molecule has 1 aromatic rings. The van der Waals surface area contributed by atoms with E-state index in [1.165, 1.54) is 6.42 Å². The van der Waals surface area contributed by atoms with Crippen LogP contribution in [0.1, 0.15) is 32.1 Å². The summed E-state index contributed by atoms with van der Waals surface area (Å²) >= 11 is 0. The lowest BCUT2D eigenvalue weighted by molar-refractivity contribution is -0.274. The van der Waals surface area contributed by atoms with E-state index in [9.17, 15) is 21.6 Å². The van der Waals surface area contributed by atoms with Crippen LogP contribution in [0.2, 0.25) is 0 Å². The molecule has 0 radical (unpaired) electrons. The van der Waals surface area contributed by atoms with Crippen LogP contribution in [-0.4, -0.2) is 21.3 Å². The van der Waals surface area contributed by atoms with E-state index in [0.29, 0.717) is 12.5 Å². The van der Waals surface area contributed by atoms with Crippen LogP contribution in [0.3, 0.4) is 0 Å². The minimum atomic E-state index is -4.79. The molecule has 1 aromatic carbocycles. The molecule has 0 spiro atoms. The van der Waals surface area contributed by atoms with Crippen molar-refractivity contribution in [3.05, 3.63) is 24.3 Å². The van der Waals surface area contributed by atoms with E-state index in [0.717, 1.165) is 49.9 Å². The van der Waals surface area contributed by atoms with E-state index in [2.05, 4.69) is 9.46 Å². The third-order valence-electron chi connectivity index (χ3n) is 3.65. The standard InChI is InChI=1S/C14H18F3NO3S/c15-14(16,17)21-12-6-8-13(9-7-12)22(19,20)18-10-11-4-2-1-3-5-11/h6-9,11,18H,1-5,10H2. The summed E-state index contributed by atoms with van der Waals surface area (Å²) in [6, 6.07) is 4.18. The van der Waals surface area contributed by atoms with Gasteiger partial charge in [0.15, 0.2) is 0 Å². The molecule has 0 aromatic heterocycles. The third kappa shape index (κ3) is 5.17. The molecule has 1 aliphatic carbocycles. The van der Waals surface area contributed by atoms with Gasteiger partial charge in [0.1, 0.15) is 5.75 Å². The Bertz CT molecular complexity index is 578. The summed E-state index contributed by atoms with van der Waals surface area (Å²) in [5, 5.41) is 0. The third-order valence-corrected chi connectivity index (χ3v) is 5.09. The van der Waals surface area contributed by atoms with Crippen LogP contribution < -0.4 is 9.46 Å². The molecule has 0 atom stereocenters. The van der Waals surface area contributed by atoms with Crippen LogP contribution in [0.15, 0.2) is 29.2 Å². The number of hydrogen-bond acceptors (Lipinski definition) is 3. The molecule has 0 saturated heterocycles. The van der Waals surface area contributed by atoms with Crippen LogP contribution in [-0.2, 0) is 10.0 Å². The maximum absolute atomic E-state index is 12.1. The van der Waals surface area contributed by atoms with Crippen LogP contribution in [0.4, 0.5) is 13.2 Å². The van der Waals surface area contributed by atoms with Gasteiger partial charge in [-0.25, -0.2) is 13.1 Å². The van der Waals surface area contributed by atoms with Crippen molar-refractivity contribution in [2.45, 2.75) is 43.4 Å². The van der Waals surface area contributed by atoms with Gasteiger partial charge in [0.05, 0.1) is 4.90 Å². The van der Waals surface area contributed by atoms with Crippen molar-refractivity contribution in [3.63, 3.8) is 0 Å². The van der Waals surface area contributed by atoms with Crippen LogP contribution in [0.25, 0.3) is 0 Å². The highest BCUT2D eigenvalue weighted by Gasteiger charge is 2.31. The molecule has 1 fully saturated rings. The Hall–Kier alpha value is -1.28. The van der Waals surface area contributed by atoms with Gasteiger partial charge in [-0.3, -0.25) is 0 Å². The maximum atomic E-state index is 12.1. The summed E-state index contributed by atoms with van der Waals surface area (Å²) < 4.78 is 66.6. The fourth-order valence-electron chi connectivity index (χ4n) is 2.52. The van der Waals surface area contributed by atoms with Gasteiger partial charge in [0.25, 0.3) is 0 Å². The van der Waals surface area contributed by atoms with Crippen LogP contribution in [0, 0.1) is 5.92 Å². The lowest BCUT2D eigenvalue weighted by Crippen LogP contribution is -2.30. The minimum Gasteiger partial charge on any atom is -0.406 e. The summed E-state index contributed by atoms with van der Waals surface area (Å²) in [6.45, 7) is 0.364. The summed E-state index contributed by atoms with van der Waals surface area (Å²) in [5.41, 5.74) is 0. The Labute approximate surface area is 127 Å². The second-order valence-electron chi connectivity index (χ2n) is 5.38. The van der Waals surface area contributed by atoms with Gasteiger partial charge >= 0.3 is 6.36 Å². The first-order chi connectivity index (χ1) is 10.3. The topological polar surface area (TPSA) is 55.4 Å². The predicted molar refractivity (Wildman–Crippen MR) is 74.9 cm³/mol. The van der Waals surface area contributed by atoms with Crippen molar-refractivity contribution < 1.29 is 26.3 Å². The lowest BCUT2D eigenvalue weighted by atomic mass is 9.90. The summed E-state index contributed by atoms with van der Waals surface area (Å²) in [4.78, 5) is -0.0715. The number of sulfonamides is 1. The second-order valence-corrected chi connectivity index (χ2v) is 7.14. The number of ether oxygens (including phenoxy) is 1. The Morgan fingerprint density at radius 3 is 2.23 bits per heavy atom. The number of nitrogens with one attached hydrogen (secondary N) is 1. The van der Waals surface area contributed by atoms with Crippen LogP contribution >= 0.6 is 0 Å². The average molecular weight is 337 g/mol. The molecule has 124 valence electrons. The Kier molecular flexibility index (Phi) is 5.33. The quantitative estimate of drug-likeness (QED) is 0.895. The number of benzene rings is 1. The highest BCUT2D eigenvalue weighted by atomic mass is 32.2. The van der Waals surface area contributed by atoms with E-state index < -0.39 is 22.1 Å². The first kappa shape index (κ1) is 17.1. The second kappa shape index (κ2) is 6.87. The molecule has 8 heteroatoms. The molecule has 1 N–H and O–H groups in total. The van der Waals surface area contributed by atoms with Gasteiger partial charge in [-0.05, 0) is 43.0 Å². The van der Waals surface area contributed by atoms with Crippen molar-refractivity contribution in [2.75, 3.05) is 6.54 Å². The van der Waals surface area contributed by atoms with Gasteiger partial charge in [-0.2, -0.15) is 0 Å². The minimum absolute atomic E-state index is 0.0715. The normalized spacial score (nSPS) is 17.4. The van der Waals surface area contributed by atoms with Crippen LogP contribution in [0.5, 0.6) is 5.75 Å². The van der Waals surface area contributed by atoms with E-state index in [4.69, 9.17) is 0 Å². The smallest absolute Gasteiger partial charge is 0.406 e. The number of hydrogen-bond donors (Lipinski definition) is 1. The van der Waals surface area contributed by atoms with Gasteiger partial charge < -0.3 is 4.74 Å². The van der Waals surface area contributed by atoms with E-state index >= 15 is 0 Å². The van der Waals surface area contributed by atoms with E-state index in [1.54, 1.807) is 0 Å². The highest BCUT2D eigenvalue weighted by molar-refractivity contribution is 7.89. The zero-order valence-corrected chi connectivity index (χ0v) is 12.7. The molecule has 2 rings (SSSR count). The van der Waals surface area contributed by atoms with Crippen molar-refractivity contribution in [1.82, 2.24) is 4.72 Å². The zero-order chi connectivity index (χ0) is 16.2. The average Bonchev–Trinajstić information content (AvgIpc) is 2.45. The monoisotopic (exact) mass is 337 g/mol. The lowest BCUT2D eigenvalue weighted by Gasteiger charge is -2.21. The Morgan fingerprint density at radius 1 is 1.09 bits per heavy atom. The fourth-order valence-corrected chi connectivity index (χ4v) is 3.64. The number of alkyl halides is 3. The molecule has 1 saturated carbocycles. The van der Waals surface area contributed by atoms with Crippen molar-refractivity contribution >= 4 is 10.0 Å². The molecular formula is C14H18F3NO3S. The molecule has 0 amide bonds. The largest absolute Gasteiger partial charge is 0.573 e. The van der Waals surface area contributed by atoms with Gasteiger partial charge in [0, 0.05) is 6.54 Å². The molecule has 0 unspecified atom stereocenters. The maximum Gasteiger partial charge on any atom is 0.573 e. The Morgan fingerprint density at radius 2 is 1.68 bits per heavy atom. The summed E-state index contributed by atoms with van der Waals surface area (Å²) in [7, 11) is -3.71. The summed E-state index contributed by atoms with van der Waals surface area (Å²) in [6.07, 6.45) is 0.608. The first-order valence-electron chi connectivity index (χ1n) is 7.12. The molecule has 4 nitrogen and oxygen atoms in total. The number of rotatable bonds is 5. The molecule has 22 heavy (non-hydrogen) atoms. The van der Waals surface area contributed by atoms with Gasteiger partial charge in [-0.15, -0.1) is 13.2 Å². The molecular weight excluding hydrogens is 319 g/mol. The first-order valence-corrected chi connectivity index (χ1v) is 8.60. The predicted octanol–water partition coefficient (Wildman–Crippen LogP) is 3.44. The molecule has 0 heterocycles.